The molecule has 0 unspecified atom stereocenters. The standard InChI is InChI=1S/C25H29FN2O3/c1-18(29)24-22-6-3-4-7-23(22)28(25(24)30-2)15-5-14-27-16-12-21(13-17-27)31-20-10-8-19(26)9-11-20/h3-4,6-11,21H,5,12-17H2,1-2H3. The van der Waals surface area contributed by atoms with Crippen molar-refractivity contribution in [2.75, 3.05) is 26.7 Å². The van der Waals surface area contributed by atoms with Crippen LogP contribution in [0.3, 0.4) is 0 Å². The molecule has 0 radical (unpaired) electrons. The lowest BCUT2D eigenvalue weighted by molar-refractivity contribution is 0.0991. The maximum Gasteiger partial charge on any atom is 0.205 e. The van der Waals surface area contributed by atoms with Crippen LogP contribution in [0.2, 0.25) is 0 Å². The Kier molecular flexibility index (Phi) is 6.56. The maximum absolute atomic E-state index is 13.0. The van der Waals surface area contributed by atoms with Crippen LogP contribution in [0.5, 0.6) is 11.6 Å². The summed E-state index contributed by atoms with van der Waals surface area (Å²) in [6, 6.07) is 14.2. The number of likely N-dealkylation sites (tertiary alicyclic amines) is 1. The van der Waals surface area contributed by atoms with Crippen LogP contribution >= 0.6 is 0 Å². The zero-order valence-electron chi connectivity index (χ0n) is 18.1. The third-order valence-electron chi connectivity index (χ3n) is 5.98. The Morgan fingerprint density at radius 2 is 1.77 bits per heavy atom. The Bertz CT molecular complexity index is 1040. The van der Waals surface area contributed by atoms with Gasteiger partial charge in [0.25, 0.3) is 0 Å². The Hall–Kier alpha value is -2.86. The number of benzene rings is 2. The van der Waals surface area contributed by atoms with E-state index in [1.165, 1.54) is 12.1 Å². The Balaban J connectivity index is 1.33. The van der Waals surface area contributed by atoms with Gasteiger partial charge in [-0.05, 0) is 63.1 Å². The summed E-state index contributed by atoms with van der Waals surface area (Å²) in [7, 11) is 1.63. The number of fused-ring (bicyclic) bond motifs is 1. The number of methoxy groups -OCH3 is 1. The minimum absolute atomic E-state index is 0.0232. The number of aryl methyl sites for hydroxylation is 1. The van der Waals surface area contributed by atoms with Crippen LogP contribution in [0.1, 0.15) is 36.5 Å². The summed E-state index contributed by atoms with van der Waals surface area (Å²) in [5, 5.41) is 0.950. The van der Waals surface area contributed by atoms with E-state index in [-0.39, 0.29) is 17.7 Å². The van der Waals surface area contributed by atoms with Crippen molar-refractivity contribution in [1.82, 2.24) is 9.47 Å². The van der Waals surface area contributed by atoms with Crippen molar-refractivity contribution in [2.45, 2.75) is 38.8 Å². The third-order valence-corrected chi connectivity index (χ3v) is 5.98. The van der Waals surface area contributed by atoms with Gasteiger partial charge in [0.1, 0.15) is 17.7 Å². The number of nitrogens with zero attached hydrogens (tertiary/aromatic N) is 2. The number of Topliss-reactive ketones (excluding diaryl/α,β-unsaturated/α-hetero) is 1. The first-order chi connectivity index (χ1) is 15.1. The molecular formula is C25H29FN2O3. The van der Waals surface area contributed by atoms with Gasteiger partial charge in [-0.15, -0.1) is 0 Å². The number of halogens is 1. The molecular weight excluding hydrogens is 395 g/mol. The van der Waals surface area contributed by atoms with E-state index in [4.69, 9.17) is 9.47 Å². The van der Waals surface area contributed by atoms with Crippen LogP contribution in [0.4, 0.5) is 4.39 Å². The third kappa shape index (κ3) is 4.74. The summed E-state index contributed by atoms with van der Waals surface area (Å²) in [5.74, 6) is 1.16. The first-order valence-electron chi connectivity index (χ1n) is 10.9. The fourth-order valence-corrected chi connectivity index (χ4v) is 4.46. The second kappa shape index (κ2) is 9.52. The van der Waals surface area contributed by atoms with E-state index in [1.807, 2.05) is 24.3 Å². The smallest absolute Gasteiger partial charge is 0.205 e. The molecule has 1 saturated heterocycles. The molecule has 1 aliphatic rings. The summed E-state index contributed by atoms with van der Waals surface area (Å²) >= 11 is 0. The Morgan fingerprint density at radius 1 is 1.06 bits per heavy atom. The van der Waals surface area contributed by atoms with Crippen molar-refractivity contribution in [3.05, 3.63) is 59.9 Å². The quantitative estimate of drug-likeness (QED) is 0.481. The zero-order chi connectivity index (χ0) is 21.8. The predicted octanol–water partition coefficient (Wildman–Crippen LogP) is 4.93. The van der Waals surface area contributed by atoms with Crippen LogP contribution in [0, 0.1) is 5.82 Å². The molecule has 0 atom stereocenters. The van der Waals surface area contributed by atoms with E-state index in [9.17, 15) is 9.18 Å². The van der Waals surface area contributed by atoms with E-state index in [2.05, 4.69) is 9.47 Å². The van der Waals surface area contributed by atoms with Crippen molar-refractivity contribution in [2.24, 2.45) is 0 Å². The summed E-state index contributed by atoms with van der Waals surface area (Å²) < 4.78 is 26.8. The second-order valence-electron chi connectivity index (χ2n) is 8.08. The number of ether oxygens (including phenoxy) is 2. The molecule has 1 fully saturated rings. The average Bonchev–Trinajstić information content (AvgIpc) is 3.10. The van der Waals surface area contributed by atoms with Gasteiger partial charge >= 0.3 is 0 Å². The molecule has 0 bridgehead atoms. The van der Waals surface area contributed by atoms with Gasteiger partial charge in [0.2, 0.25) is 5.88 Å². The molecule has 5 nitrogen and oxygen atoms in total. The monoisotopic (exact) mass is 424 g/mol. The largest absolute Gasteiger partial charge is 0.490 e. The first-order valence-corrected chi connectivity index (χ1v) is 10.9. The number of para-hydroxylation sites is 1. The SMILES string of the molecule is COc1c(C(C)=O)c2ccccc2n1CCCN1CCC(Oc2ccc(F)cc2)CC1. The second-order valence-corrected chi connectivity index (χ2v) is 8.08. The number of ketones is 1. The summed E-state index contributed by atoms with van der Waals surface area (Å²) in [6.07, 6.45) is 3.06. The fraction of sp³-hybridized carbons (Fsp3) is 0.400. The number of aromatic nitrogens is 1. The van der Waals surface area contributed by atoms with E-state index in [0.29, 0.717) is 11.4 Å². The minimum atomic E-state index is -0.246. The van der Waals surface area contributed by atoms with Gasteiger partial charge in [-0.2, -0.15) is 0 Å². The number of hydrogen-bond donors (Lipinski definition) is 0. The number of piperidine rings is 1. The zero-order valence-corrected chi connectivity index (χ0v) is 18.1. The molecule has 3 aromatic rings. The van der Waals surface area contributed by atoms with Crippen LogP contribution in [0.15, 0.2) is 48.5 Å². The lowest BCUT2D eigenvalue weighted by Crippen LogP contribution is -2.38. The van der Waals surface area contributed by atoms with Crippen molar-refractivity contribution < 1.29 is 18.7 Å². The van der Waals surface area contributed by atoms with E-state index in [0.717, 1.165) is 62.1 Å². The molecule has 1 aliphatic heterocycles. The highest BCUT2D eigenvalue weighted by Crippen LogP contribution is 2.32. The van der Waals surface area contributed by atoms with Gasteiger partial charge in [-0.3, -0.25) is 4.79 Å². The lowest BCUT2D eigenvalue weighted by Gasteiger charge is -2.32. The molecule has 2 heterocycles. The van der Waals surface area contributed by atoms with E-state index < -0.39 is 0 Å². The van der Waals surface area contributed by atoms with Crippen molar-refractivity contribution in [1.29, 1.82) is 0 Å². The number of hydrogen-bond acceptors (Lipinski definition) is 4. The molecule has 1 aromatic heterocycles. The Labute approximate surface area is 182 Å². The number of carbonyl (C=O) groups is 1. The minimum Gasteiger partial charge on any atom is -0.490 e. The first kappa shape index (κ1) is 21.4. The maximum atomic E-state index is 13.0. The molecule has 0 amide bonds. The summed E-state index contributed by atoms with van der Waals surface area (Å²) in [5.41, 5.74) is 1.70. The van der Waals surface area contributed by atoms with Gasteiger partial charge in [0, 0.05) is 25.0 Å². The molecule has 0 N–H and O–H groups in total. The summed E-state index contributed by atoms with van der Waals surface area (Å²) in [6.45, 7) is 5.33. The molecule has 6 heteroatoms. The highest BCUT2D eigenvalue weighted by Gasteiger charge is 2.22. The Morgan fingerprint density at radius 3 is 2.45 bits per heavy atom. The van der Waals surface area contributed by atoms with Gasteiger partial charge in [-0.25, -0.2) is 4.39 Å². The predicted molar refractivity (Wildman–Crippen MR) is 120 cm³/mol. The normalized spacial score (nSPS) is 15.3. The van der Waals surface area contributed by atoms with Crippen molar-refractivity contribution >= 4 is 16.7 Å². The highest BCUT2D eigenvalue weighted by molar-refractivity contribution is 6.09. The van der Waals surface area contributed by atoms with Gasteiger partial charge in [0.05, 0.1) is 18.2 Å². The molecule has 2 aromatic carbocycles. The molecule has 4 rings (SSSR count). The molecule has 0 saturated carbocycles. The lowest BCUT2D eigenvalue weighted by atomic mass is 10.1. The van der Waals surface area contributed by atoms with Crippen molar-refractivity contribution in [3.63, 3.8) is 0 Å². The highest BCUT2D eigenvalue weighted by atomic mass is 19.1. The van der Waals surface area contributed by atoms with Crippen LogP contribution < -0.4 is 9.47 Å². The summed E-state index contributed by atoms with van der Waals surface area (Å²) in [4.78, 5) is 14.7. The molecule has 164 valence electrons. The number of carbonyl (C=O) groups excluding carboxylic acids is 1. The van der Waals surface area contributed by atoms with Crippen molar-refractivity contribution in [3.8, 4) is 11.6 Å². The molecule has 31 heavy (non-hydrogen) atoms. The number of rotatable bonds is 8. The van der Waals surface area contributed by atoms with Gasteiger partial charge in [-0.1, -0.05) is 18.2 Å². The van der Waals surface area contributed by atoms with Crippen LogP contribution in [0.25, 0.3) is 10.9 Å². The molecule has 0 aliphatic carbocycles. The van der Waals surface area contributed by atoms with Crippen LogP contribution in [-0.2, 0) is 6.54 Å². The van der Waals surface area contributed by atoms with Gasteiger partial charge in [0.15, 0.2) is 5.78 Å². The topological polar surface area (TPSA) is 43.7 Å². The van der Waals surface area contributed by atoms with E-state index in [1.54, 1.807) is 26.2 Å². The average molecular weight is 425 g/mol. The van der Waals surface area contributed by atoms with Gasteiger partial charge < -0.3 is 18.9 Å². The van der Waals surface area contributed by atoms with Crippen LogP contribution in [-0.4, -0.2) is 48.1 Å². The molecule has 0 spiro atoms. The van der Waals surface area contributed by atoms with E-state index >= 15 is 0 Å². The fourth-order valence-electron chi connectivity index (χ4n) is 4.46.